The second-order valence-electron chi connectivity index (χ2n) is 5.66. The molecule has 0 aliphatic carbocycles. The van der Waals surface area contributed by atoms with Crippen LogP contribution in [0.4, 0.5) is 0 Å². The summed E-state index contributed by atoms with van der Waals surface area (Å²) in [4.78, 5) is 11.3. The zero-order valence-corrected chi connectivity index (χ0v) is 18.6. The summed E-state index contributed by atoms with van der Waals surface area (Å²) in [7, 11) is 4.89. The Labute approximate surface area is 175 Å². The van der Waals surface area contributed by atoms with Crippen molar-refractivity contribution in [2.75, 3.05) is 34.5 Å². The fourth-order valence-electron chi connectivity index (χ4n) is 2.18. The van der Waals surface area contributed by atoms with Crippen LogP contribution in [0.1, 0.15) is 6.92 Å². The molecule has 0 radical (unpaired) electrons. The molecule has 0 heterocycles. The van der Waals surface area contributed by atoms with Crippen molar-refractivity contribution >= 4 is 5.97 Å². The summed E-state index contributed by atoms with van der Waals surface area (Å²) in [6.45, 7) is 5.61. The fourth-order valence-corrected chi connectivity index (χ4v) is 4.80. The molecule has 0 amide bonds. The second-order valence-corrected chi connectivity index (χ2v) is 8.52. The van der Waals surface area contributed by atoms with Crippen LogP contribution in [0.5, 0.6) is 23.0 Å². The van der Waals surface area contributed by atoms with Gasteiger partial charge in [-0.15, -0.1) is 0 Å². The van der Waals surface area contributed by atoms with E-state index in [0.29, 0.717) is 17.1 Å². The van der Waals surface area contributed by atoms with Crippen LogP contribution in [0.2, 0.25) is 0 Å². The van der Waals surface area contributed by atoms with E-state index in [1.807, 2.05) is 36.4 Å². The van der Waals surface area contributed by atoms with Crippen molar-refractivity contribution in [2.24, 2.45) is 0 Å². The number of hydrogen-bond acceptors (Lipinski definition) is 6. The van der Waals surface area contributed by atoms with Gasteiger partial charge in [-0.25, -0.2) is 0 Å². The first kappa shape index (κ1) is 21.9. The van der Waals surface area contributed by atoms with Crippen molar-refractivity contribution in [3.05, 3.63) is 55.7 Å². The minimum atomic E-state index is -0.532. The van der Waals surface area contributed by atoms with Gasteiger partial charge in [0, 0.05) is 0 Å². The number of esters is 1. The van der Waals surface area contributed by atoms with E-state index in [1.165, 1.54) is 3.57 Å². The van der Waals surface area contributed by atoms with Crippen molar-refractivity contribution in [3.63, 3.8) is 0 Å². The van der Waals surface area contributed by atoms with E-state index in [4.69, 9.17) is 23.7 Å². The molecule has 0 saturated heterocycles. The number of carbonyl (C=O) groups excluding carboxylic acids is 1. The minimum absolute atomic E-state index is 0.181. The standard InChI is InChI=1S/C21H24IO6/c1-14(2)21(23)28-11-10-27-16-8-6-15(7-9-16)22-20-18(25-4)12-17(24-3)13-19(20)26-5/h6-9,12-13H,1,10-11H2,2-5H3/q-1. The van der Waals surface area contributed by atoms with Gasteiger partial charge in [0.1, 0.15) is 0 Å². The molecule has 2 rings (SSSR count). The SMILES string of the molecule is C=C(C)C(=O)OCCOc1ccc([I-]c2c(OC)cc(OC)cc2OC)cc1. The molecule has 0 spiro atoms. The molecule has 0 saturated carbocycles. The van der Waals surface area contributed by atoms with Crippen molar-refractivity contribution in [1.82, 2.24) is 0 Å². The molecule has 0 bridgehead atoms. The van der Waals surface area contributed by atoms with Gasteiger partial charge in [0.2, 0.25) is 0 Å². The van der Waals surface area contributed by atoms with Gasteiger partial charge in [0.05, 0.1) is 0 Å². The average Bonchev–Trinajstić information content (AvgIpc) is 2.71. The van der Waals surface area contributed by atoms with Gasteiger partial charge in [-0.2, -0.15) is 0 Å². The molecule has 0 N–H and O–H groups in total. The maximum absolute atomic E-state index is 11.3. The summed E-state index contributed by atoms with van der Waals surface area (Å²) in [5.41, 5.74) is 0.373. The van der Waals surface area contributed by atoms with E-state index in [2.05, 4.69) is 6.58 Å². The summed E-state index contributed by atoms with van der Waals surface area (Å²) in [6.07, 6.45) is 0. The van der Waals surface area contributed by atoms with Crippen LogP contribution in [0.25, 0.3) is 0 Å². The predicted molar refractivity (Wildman–Crippen MR) is 101 cm³/mol. The molecule has 2 aromatic rings. The van der Waals surface area contributed by atoms with Crippen LogP contribution in [-0.4, -0.2) is 40.5 Å². The van der Waals surface area contributed by atoms with Crippen LogP contribution in [-0.2, 0) is 9.53 Å². The van der Waals surface area contributed by atoms with E-state index in [9.17, 15) is 4.79 Å². The summed E-state index contributed by atoms with van der Waals surface area (Å²) in [6, 6.07) is 11.6. The zero-order valence-electron chi connectivity index (χ0n) is 16.4. The number of methoxy groups -OCH3 is 3. The topological polar surface area (TPSA) is 63.2 Å². The summed E-state index contributed by atoms with van der Waals surface area (Å²) < 4.78 is 29.2. The Morgan fingerprint density at radius 1 is 0.929 bits per heavy atom. The number of hydrogen-bond donors (Lipinski definition) is 0. The third-order valence-electron chi connectivity index (χ3n) is 3.61. The number of ether oxygens (including phenoxy) is 5. The normalized spacial score (nSPS) is 10.3. The van der Waals surface area contributed by atoms with Gasteiger partial charge in [-0.05, 0) is 0 Å². The Morgan fingerprint density at radius 3 is 2.04 bits per heavy atom. The van der Waals surface area contributed by atoms with Gasteiger partial charge in [-0.1, -0.05) is 0 Å². The zero-order chi connectivity index (χ0) is 20.5. The van der Waals surface area contributed by atoms with Crippen molar-refractivity contribution in [2.45, 2.75) is 6.92 Å². The first-order valence-electron chi connectivity index (χ1n) is 8.48. The number of benzene rings is 2. The third kappa shape index (κ3) is 6.05. The van der Waals surface area contributed by atoms with E-state index in [0.717, 1.165) is 15.1 Å². The quantitative estimate of drug-likeness (QED) is 0.204. The van der Waals surface area contributed by atoms with Gasteiger partial charge in [0.15, 0.2) is 0 Å². The van der Waals surface area contributed by atoms with E-state index < -0.39 is 27.2 Å². The van der Waals surface area contributed by atoms with E-state index in [1.54, 1.807) is 28.3 Å². The predicted octanol–water partition coefficient (Wildman–Crippen LogP) is 0.339. The molecular weight excluding hydrogens is 475 g/mol. The van der Waals surface area contributed by atoms with Crippen LogP contribution in [0, 0.1) is 7.14 Å². The number of rotatable bonds is 10. The molecular formula is C21H24IO6-. The molecule has 7 heteroatoms. The molecule has 152 valence electrons. The molecule has 0 unspecified atom stereocenters. The molecule has 0 fully saturated rings. The van der Waals surface area contributed by atoms with Gasteiger partial charge < -0.3 is 0 Å². The average molecular weight is 499 g/mol. The van der Waals surface area contributed by atoms with Crippen molar-refractivity contribution in [1.29, 1.82) is 0 Å². The molecule has 0 aliphatic rings. The Hall–Kier alpha value is -2.42. The second kappa shape index (κ2) is 10.8. The van der Waals surface area contributed by atoms with Crippen LogP contribution in [0.3, 0.4) is 0 Å². The van der Waals surface area contributed by atoms with Crippen molar-refractivity contribution in [3.8, 4) is 23.0 Å². The molecule has 28 heavy (non-hydrogen) atoms. The Kier molecular flexibility index (Phi) is 8.43. The van der Waals surface area contributed by atoms with Gasteiger partial charge >= 0.3 is 176 Å². The molecule has 2 aromatic carbocycles. The maximum atomic E-state index is 11.3. The molecule has 0 aliphatic heterocycles. The monoisotopic (exact) mass is 499 g/mol. The number of halogens is 1. The third-order valence-corrected chi connectivity index (χ3v) is 6.55. The van der Waals surface area contributed by atoms with Gasteiger partial charge in [-0.3, -0.25) is 0 Å². The summed E-state index contributed by atoms with van der Waals surface area (Å²) in [5, 5.41) is 0. The molecule has 0 aromatic heterocycles. The first-order valence-corrected chi connectivity index (χ1v) is 10.6. The van der Waals surface area contributed by atoms with Crippen LogP contribution >= 0.6 is 0 Å². The van der Waals surface area contributed by atoms with Gasteiger partial charge in [0.25, 0.3) is 0 Å². The summed E-state index contributed by atoms with van der Waals surface area (Å²) in [5.74, 6) is 2.50. The molecule has 0 atom stereocenters. The van der Waals surface area contributed by atoms with Crippen LogP contribution < -0.4 is 40.2 Å². The Bertz CT molecular complexity index is 791. The first-order chi connectivity index (χ1) is 13.5. The Morgan fingerprint density at radius 2 is 1.54 bits per heavy atom. The van der Waals surface area contributed by atoms with Crippen molar-refractivity contribution < 1.29 is 49.7 Å². The summed E-state index contributed by atoms with van der Waals surface area (Å²) >= 11 is -0.532. The van der Waals surface area contributed by atoms with Crippen LogP contribution in [0.15, 0.2) is 48.6 Å². The van der Waals surface area contributed by atoms with E-state index in [-0.39, 0.29) is 13.2 Å². The van der Waals surface area contributed by atoms with E-state index >= 15 is 0 Å². The fraction of sp³-hybridized carbons (Fsp3) is 0.286. The molecule has 6 nitrogen and oxygen atoms in total. The Balaban J connectivity index is 2.01. The number of carbonyl (C=O) groups is 1.